The van der Waals surface area contributed by atoms with Crippen molar-refractivity contribution < 1.29 is 14.3 Å². The molecular weight excluding hydrogens is 254 g/mol. The van der Waals surface area contributed by atoms with Crippen LogP contribution in [0.15, 0.2) is 12.1 Å². The van der Waals surface area contributed by atoms with Crippen molar-refractivity contribution in [1.29, 1.82) is 0 Å². The summed E-state index contributed by atoms with van der Waals surface area (Å²) in [6.07, 6.45) is 0. The van der Waals surface area contributed by atoms with E-state index in [0.29, 0.717) is 13.2 Å². The summed E-state index contributed by atoms with van der Waals surface area (Å²) >= 11 is 0. The van der Waals surface area contributed by atoms with Gasteiger partial charge in [-0.15, -0.1) is 0 Å². The number of aryl methyl sites for hydroxylation is 3. The van der Waals surface area contributed by atoms with Crippen molar-refractivity contribution in [3.05, 3.63) is 28.8 Å². The van der Waals surface area contributed by atoms with E-state index in [1.807, 2.05) is 20.8 Å². The van der Waals surface area contributed by atoms with E-state index in [0.717, 1.165) is 16.9 Å². The Morgan fingerprint density at radius 2 is 1.80 bits per heavy atom. The fourth-order valence-corrected chi connectivity index (χ4v) is 2.26. The van der Waals surface area contributed by atoms with Crippen LogP contribution in [0.3, 0.4) is 0 Å². The molecule has 0 amide bonds. The lowest BCUT2D eigenvalue weighted by atomic mass is 10.1. The molecule has 0 aliphatic rings. The summed E-state index contributed by atoms with van der Waals surface area (Å²) in [4.78, 5) is 11.8. The fourth-order valence-electron chi connectivity index (χ4n) is 2.26. The van der Waals surface area contributed by atoms with Gasteiger partial charge in [0.2, 0.25) is 0 Å². The third kappa shape index (κ3) is 4.53. The minimum Gasteiger partial charge on any atom is -0.491 e. The first kappa shape index (κ1) is 16.5. The largest absolute Gasteiger partial charge is 0.491 e. The average molecular weight is 279 g/mol. The van der Waals surface area contributed by atoms with Crippen LogP contribution >= 0.6 is 0 Å². The van der Waals surface area contributed by atoms with E-state index >= 15 is 0 Å². The van der Waals surface area contributed by atoms with Crippen LogP contribution in [0.4, 0.5) is 0 Å². The van der Waals surface area contributed by atoms with Crippen molar-refractivity contribution in [2.75, 3.05) is 19.8 Å². The van der Waals surface area contributed by atoms with Gasteiger partial charge in [-0.1, -0.05) is 24.6 Å². The van der Waals surface area contributed by atoms with Crippen LogP contribution in [0.25, 0.3) is 0 Å². The molecule has 112 valence electrons. The van der Waals surface area contributed by atoms with Crippen LogP contribution in [-0.2, 0) is 9.53 Å². The molecule has 0 saturated heterocycles. The molecule has 0 fully saturated rings. The Morgan fingerprint density at radius 3 is 2.30 bits per heavy atom. The van der Waals surface area contributed by atoms with Gasteiger partial charge in [0.05, 0.1) is 6.61 Å². The van der Waals surface area contributed by atoms with Crippen LogP contribution < -0.4 is 10.1 Å². The van der Waals surface area contributed by atoms with Gasteiger partial charge in [0.15, 0.2) is 0 Å². The molecule has 1 aromatic rings. The SMILES string of the molecule is CCNC(COc1c(C)cc(C)cc1C)C(=O)OCC. The number of hydrogen-bond acceptors (Lipinski definition) is 4. The van der Waals surface area contributed by atoms with Gasteiger partial charge in [0.25, 0.3) is 0 Å². The third-order valence-corrected chi connectivity index (χ3v) is 3.02. The molecule has 0 aliphatic carbocycles. The van der Waals surface area contributed by atoms with Gasteiger partial charge in [-0.2, -0.15) is 0 Å². The maximum Gasteiger partial charge on any atom is 0.326 e. The van der Waals surface area contributed by atoms with Crippen molar-refractivity contribution in [3.8, 4) is 5.75 Å². The van der Waals surface area contributed by atoms with E-state index in [-0.39, 0.29) is 12.6 Å². The lowest BCUT2D eigenvalue weighted by Gasteiger charge is -2.19. The van der Waals surface area contributed by atoms with Gasteiger partial charge < -0.3 is 14.8 Å². The molecule has 4 heteroatoms. The molecular formula is C16H25NO3. The second-order valence-corrected chi connectivity index (χ2v) is 4.90. The fraction of sp³-hybridized carbons (Fsp3) is 0.562. The van der Waals surface area contributed by atoms with Crippen molar-refractivity contribution in [3.63, 3.8) is 0 Å². The molecule has 0 bridgehead atoms. The minimum atomic E-state index is -0.431. The van der Waals surface area contributed by atoms with Crippen LogP contribution in [0, 0.1) is 20.8 Å². The van der Waals surface area contributed by atoms with Gasteiger partial charge in [-0.3, -0.25) is 4.79 Å². The number of nitrogens with one attached hydrogen (secondary N) is 1. The van der Waals surface area contributed by atoms with Crippen molar-refractivity contribution in [2.24, 2.45) is 0 Å². The highest BCUT2D eigenvalue weighted by Crippen LogP contribution is 2.24. The van der Waals surface area contributed by atoms with E-state index in [1.165, 1.54) is 5.56 Å². The van der Waals surface area contributed by atoms with Crippen molar-refractivity contribution >= 4 is 5.97 Å². The van der Waals surface area contributed by atoms with E-state index < -0.39 is 6.04 Å². The number of hydrogen-bond donors (Lipinski definition) is 1. The minimum absolute atomic E-state index is 0.267. The molecule has 1 atom stereocenters. The second-order valence-electron chi connectivity index (χ2n) is 4.90. The number of benzene rings is 1. The van der Waals surface area contributed by atoms with Crippen LogP contribution in [-0.4, -0.2) is 31.8 Å². The molecule has 0 saturated carbocycles. The zero-order valence-corrected chi connectivity index (χ0v) is 13.1. The van der Waals surface area contributed by atoms with Gasteiger partial charge in [0, 0.05) is 0 Å². The van der Waals surface area contributed by atoms with Gasteiger partial charge in [-0.05, 0) is 45.4 Å². The average Bonchev–Trinajstić information content (AvgIpc) is 2.36. The van der Waals surface area contributed by atoms with Crippen LogP contribution in [0.1, 0.15) is 30.5 Å². The third-order valence-electron chi connectivity index (χ3n) is 3.02. The zero-order chi connectivity index (χ0) is 15.1. The first-order chi connectivity index (χ1) is 9.49. The van der Waals surface area contributed by atoms with Crippen molar-refractivity contribution in [1.82, 2.24) is 5.32 Å². The Morgan fingerprint density at radius 1 is 1.20 bits per heavy atom. The Labute approximate surface area is 121 Å². The Hall–Kier alpha value is -1.55. The Kier molecular flexibility index (Phi) is 6.52. The highest BCUT2D eigenvalue weighted by molar-refractivity contribution is 5.76. The standard InChI is InChI=1S/C16H25NO3/c1-6-17-14(16(18)19-7-2)10-20-15-12(4)8-11(3)9-13(15)5/h8-9,14,17H,6-7,10H2,1-5H3. The maximum atomic E-state index is 11.8. The summed E-state index contributed by atoms with van der Waals surface area (Å²) < 4.78 is 10.9. The summed E-state index contributed by atoms with van der Waals surface area (Å²) in [6, 6.07) is 3.73. The molecule has 1 N–H and O–H groups in total. The molecule has 0 aromatic heterocycles. The lowest BCUT2D eigenvalue weighted by Crippen LogP contribution is -2.42. The number of carbonyl (C=O) groups excluding carboxylic acids is 1. The Bertz CT molecular complexity index is 434. The topological polar surface area (TPSA) is 47.6 Å². The molecule has 0 radical (unpaired) electrons. The van der Waals surface area contributed by atoms with Gasteiger partial charge in [-0.25, -0.2) is 0 Å². The zero-order valence-electron chi connectivity index (χ0n) is 13.1. The molecule has 0 aliphatic heterocycles. The quantitative estimate of drug-likeness (QED) is 0.779. The lowest BCUT2D eigenvalue weighted by molar-refractivity contribution is -0.146. The summed E-state index contributed by atoms with van der Waals surface area (Å²) in [5.74, 6) is 0.583. The predicted molar refractivity (Wildman–Crippen MR) is 80.2 cm³/mol. The maximum absolute atomic E-state index is 11.8. The summed E-state index contributed by atoms with van der Waals surface area (Å²) in [7, 11) is 0. The Balaban J connectivity index is 2.75. The molecule has 20 heavy (non-hydrogen) atoms. The first-order valence-electron chi connectivity index (χ1n) is 7.10. The number of rotatable bonds is 7. The normalized spacial score (nSPS) is 12.1. The van der Waals surface area contributed by atoms with E-state index in [9.17, 15) is 4.79 Å². The molecule has 0 spiro atoms. The van der Waals surface area contributed by atoms with Crippen LogP contribution in [0.2, 0.25) is 0 Å². The van der Waals surface area contributed by atoms with E-state index in [4.69, 9.17) is 9.47 Å². The van der Waals surface area contributed by atoms with Gasteiger partial charge in [0.1, 0.15) is 18.4 Å². The highest BCUT2D eigenvalue weighted by Gasteiger charge is 2.20. The predicted octanol–water partition coefficient (Wildman–Crippen LogP) is 2.53. The number of carbonyl (C=O) groups is 1. The number of ether oxygens (including phenoxy) is 2. The molecule has 1 aromatic carbocycles. The summed E-state index contributed by atoms with van der Waals surface area (Å²) in [5.41, 5.74) is 3.38. The van der Waals surface area contributed by atoms with E-state index in [2.05, 4.69) is 24.4 Å². The smallest absolute Gasteiger partial charge is 0.326 e. The molecule has 0 heterocycles. The summed E-state index contributed by atoms with van der Waals surface area (Å²) in [6.45, 7) is 11.2. The summed E-state index contributed by atoms with van der Waals surface area (Å²) in [5, 5.41) is 3.09. The first-order valence-corrected chi connectivity index (χ1v) is 7.10. The molecule has 4 nitrogen and oxygen atoms in total. The van der Waals surface area contributed by atoms with Crippen molar-refractivity contribution in [2.45, 2.75) is 40.7 Å². The highest BCUT2D eigenvalue weighted by atomic mass is 16.5. The van der Waals surface area contributed by atoms with E-state index in [1.54, 1.807) is 6.92 Å². The monoisotopic (exact) mass is 279 g/mol. The van der Waals surface area contributed by atoms with Gasteiger partial charge >= 0.3 is 5.97 Å². The molecule has 1 rings (SSSR count). The molecule has 1 unspecified atom stereocenters. The van der Waals surface area contributed by atoms with Crippen LogP contribution in [0.5, 0.6) is 5.75 Å². The number of likely N-dealkylation sites (N-methyl/N-ethyl adjacent to an activating group) is 1. The second kappa shape index (κ2) is 7.90. The number of esters is 1.